The number of likely N-dealkylation sites (tertiary alicyclic amines) is 1. The predicted octanol–water partition coefficient (Wildman–Crippen LogP) is 2.40. The van der Waals surface area contributed by atoms with Gasteiger partial charge in [-0.2, -0.15) is 0 Å². The van der Waals surface area contributed by atoms with Gasteiger partial charge in [-0.25, -0.2) is 9.97 Å². The molecule has 0 spiro atoms. The van der Waals surface area contributed by atoms with Gasteiger partial charge < -0.3 is 15.5 Å². The fourth-order valence-corrected chi connectivity index (χ4v) is 3.01. The molecule has 3 rings (SSSR count). The van der Waals surface area contributed by atoms with E-state index < -0.39 is 0 Å². The molecule has 1 saturated heterocycles. The minimum atomic E-state index is -0.0520. The highest BCUT2D eigenvalue weighted by atomic mass is 16.1. The molecule has 6 heteroatoms. The zero-order valence-electron chi connectivity index (χ0n) is 14.7. The van der Waals surface area contributed by atoms with Crippen LogP contribution < -0.4 is 10.6 Å². The number of nitrogens with zero attached hydrogens (tertiary/aromatic N) is 3. The first-order valence-corrected chi connectivity index (χ1v) is 8.94. The van der Waals surface area contributed by atoms with E-state index in [-0.39, 0.29) is 5.91 Å². The Balaban J connectivity index is 1.64. The minimum Gasteiger partial charge on any atom is -0.370 e. The Morgan fingerprint density at radius 1 is 1.24 bits per heavy atom. The summed E-state index contributed by atoms with van der Waals surface area (Å²) in [6.07, 6.45) is 4.26. The van der Waals surface area contributed by atoms with Crippen molar-refractivity contribution in [1.82, 2.24) is 20.2 Å². The van der Waals surface area contributed by atoms with Crippen molar-refractivity contribution in [3.63, 3.8) is 0 Å². The van der Waals surface area contributed by atoms with Gasteiger partial charge in [0.1, 0.15) is 5.82 Å². The molecule has 0 radical (unpaired) electrons. The zero-order valence-corrected chi connectivity index (χ0v) is 14.7. The topological polar surface area (TPSA) is 70.2 Å². The molecule has 1 aliphatic heterocycles. The summed E-state index contributed by atoms with van der Waals surface area (Å²) in [5.74, 6) is 1.35. The molecule has 0 saturated carbocycles. The Bertz CT molecular complexity index is 712. The van der Waals surface area contributed by atoms with Crippen LogP contribution in [0.3, 0.4) is 0 Å². The summed E-state index contributed by atoms with van der Waals surface area (Å²) in [7, 11) is 0. The maximum absolute atomic E-state index is 12.4. The molecule has 2 aromatic rings. The molecular weight excluding hydrogens is 314 g/mol. The second kappa shape index (κ2) is 8.58. The number of aromatic nitrogens is 2. The minimum absolute atomic E-state index is 0.0520. The fourth-order valence-electron chi connectivity index (χ4n) is 3.01. The molecule has 2 heterocycles. The van der Waals surface area contributed by atoms with Gasteiger partial charge in [-0.3, -0.25) is 4.79 Å². The highest BCUT2D eigenvalue weighted by Gasteiger charge is 2.12. The van der Waals surface area contributed by atoms with Crippen molar-refractivity contribution in [2.75, 3.05) is 38.0 Å². The van der Waals surface area contributed by atoms with Crippen LogP contribution >= 0.6 is 0 Å². The molecule has 2 N–H and O–H groups in total. The second-order valence-corrected chi connectivity index (χ2v) is 6.18. The van der Waals surface area contributed by atoms with Crippen molar-refractivity contribution >= 4 is 11.7 Å². The molecule has 1 amide bonds. The number of benzene rings is 1. The Morgan fingerprint density at radius 2 is 2.08 bits per heavy atom. The number of carbonyl (C=O) groups excluding carboxylic acids is 1. The van der Waals surface area contributed by atoms with Crippen molar-refractivity contribution in [2.24, 2.45) is 0 Å². The van der Waals surface area contributed by atoms with Crippen molar-refractivity contribution in [1.29, 1.82) is 0 Å². The first-order valence-electron chi connectivity index (χ1n) is 8.94. The van der Waals surface area contributed by atoms with E-state index in [0.717, 1.165) is 37.6 Å². The molecule has 0 bridgehead atoms. The zero-order chi connectivity index (χ0) is 17.5. The van der Waals surface area contributed by atoms with E-state index in [4.69, 9.17) is 0 Å². The van der Waals surface area contributed by atoms with E-state index in [9.17, 15) is 4.79 Å². The summed E-state index contributed by atoms with van der Waals surface area (Å²) >= 11 is 0. The Kier molecular flexibility index (Phi) is 5.95. The van der Waals surface area contributed by atoms with Gasteiger partial charge in [0.15, 0.2) is 5.82 Å². The van der Waals surface area contributed by atoms with E-state index in [1.54, 1.807) is 6.20 Å². The first kappa shape index (κ1) is 17.4. The highest BCUT2D eigenvalue weighted by molar-refractivity contribution is 5.95. The van der Waals surface area contributed by atoms with Gasteiger partial charge in [0.25, 0.3) is 5.91 Å². The third kappa shape index (κ3) is 4.76. The maximum Gasteiger partial charge on any atom is 0.251 e. The maximum atomic E-state index is 12.4. The average Bonchev–Trinajstić information content (AvgIpc) is 3.16. The monoisotopic (exact) mass is 339 g/mol. The number of hydrogen-bond donors (Lipinski definition) is 2. The average molecular weight is 339 g/mol. The van der Waals surface area contributed by atoms with Crippen LogP contribution in [0.4, 0.5) is 5.82 Å². The smallest absolute Gasteiger partial charge is 0.251 e. The summed E-state index contributed by atoms with van der Waals surface area (Å²) in [5.41, 5.74) is 1.48. The van der Waals surface area contributed by atoms with Crippen LogP contribution in [0, 0.1) is 0 Å². The van der Waals surface area contributed by atoms with Crippen molar-refractivity contribution in [3.8, 4) is 11.4 Å². The fraction of sp³-hybridized carbons (Fsp3) is 0.421. The molecule has 1 fully saturated rings. The van der Waals surface area contributed by atoms with E-state index in [0.29, 0.717) is 17.9 Å². The third-order valence-electron chi connectivity index (χ3n) is 4.31. The van der Waals surface area contributed by atoms with Gasteiger partial charge in [-0.05, 0) is 51.1 Å². The summed E-state index contributed by atoms with van der Waals surface area (Å²) in [6, 6.07) is 9.29. The molecule has 25 heavy (non-hydrogen) atoms. The normalized spacial score (nSPS) is 14.4. The van der Waals surface area contributed by atoms with Crippen LogP contribution in [0.5, 0.6) is 0 Å². The van der Waals surface area contributed by atoms with Crippen LogP contribution in [0.1, 0.15) is 30.1 Å². The van der Waals surface area contributed by atoms with Crippen LogP contribution in [0.25, 0.3) is 11.4 Å². The molecule has 1 aliphatic rings. The quantitative estimate of drug-likeness (QED) is 0.811. The molecule has 1 aromatic heterocycles. The summed E-state index contributed by atoms with van der Waals surface area (Å²) in [6.45, 7) is 6.70. The van der Waals surface area contributed by atoms with Crippen LogP contribution in [0.2, 0.25) is 0 Å². The number of anilines is 1. The third-order valence-corrected chi connectivity index (χ3v) is 4.31. The molecule has 6 nitrogen and oxygen atoms in total. The summed E-state index contributed by atoms with van der Waals surface area (Å²) in [5, 5.41) is 6.18. The van der Waals surface area contributed by atoms with Crippen molar-refractivity contribution < 1.29 is 4.79 Å². The number of hydrogen-bond acceptors (Lipinski definition) is 5. The lowest BCUT2D eigenvalue weighted by molar-refractivity contribution is 0.0950. The van der Waals surface area contributed by atoms with E-state index in [1.165, 1.54) is 12.8 Å². The molecular formula is C19H25N5O. The highest BCUT2D eigenvalue weighted by Crippen LogP contribution is 2.18. The Labute approximate surface area is 148 Å². The van der Waals surface area contributed by atoms with Crippen molar-refractivity contribution in [2.45, 2.75) is 19.8 Å². The summed E-state index contributed by atoms with van der Waals surface area (Å²) in [4.78, 5) is 23.6. The van der Waals surface area contributed by atoms with Crippen LogP contribution in [-0.4, -0.2) is 53.5 Å². The lowest BCUT2D eigenvalue weighted by atomic mass is 10.1. The lowest BCUT2D eigenvalue weighted by Gasteiger charge is -2.14. The van der Waals surface area contributed by atoms with Gasteiger partial charge in [0, 0.05) is 37.0 Å². The second-order valence-electron chi connectivity index (χ2n) is 6.18. The van der Waals surface area contributed by atoms with Gasteiger partial charge in [0.2, 0.25) is 0 Å². The van der Waals surface area contributed by atoms with Crippen LogP contribution in [-0.2, 0) is 0 Å². The van der Waals surface area contributed by atoms with Gasteiger partial charge in [0.05, 0.1) is 0 Å². The van der Waals surface area contributed by atoms with E-state index >= 15 is 0 Å². The number of rotatable bonds is 7. The molecule has 0 aliphatic carbocycles. The Morgan fingerprint density at radius 3 is 2.88 bits per heavy atom. The van der Waals surface area contributed by atoms with E-state index in [2.05, 4.69) is 25.5 Å². The Hall–Kier alpha value is -2.47. The largest absolute Gasteiger partial charge is 0.370 e. The molecule has 1 aromatic carbocycles. The molecule has 132 valence electrons. The van der Waals surface area contributed by atoms with Gasteiger partial charge in [-0.15, -0.1) is 0 Å². The molecule has 0 unspecified atom stereocenters. The SMILES string of the molecule is CCNc1ccnc(-c2cccc(C(=O)NCCN3CCCC3)c2)n1. The predicted molar refractivity (Wildman–Crippen MR) is 99.6 cm³/mol. The number of nitrogens with one attached hydrogen (secondary N) is 2. The standard InChI is InChI=1S/C19H25N5O/c1-2-20-17-8-9-21-18(23-17)15-6-5-7-16(14-15)19(25)22-10-13-24-11-3-4-12-24/h5-9,14H,2-4,10-13H2,1H3,(H,22,25)(H,20,21,23). The van der Waals surface area contributed by atoms with Gasteiger partial charge in [-0.1, -0.05) is 12.1 Å². The van der Waals surface area contributed by atoms with E-state index in [1.807, 2.05) is 37.3 Å². The molecule has 0 atom stereocenters. The number of amides is 1. The first-order chi connectivity index (χ1) is 12.3. The summed E-state index contributed by atoms with van der Waals surface area (Å²) < 4.78 is 0. The lowest BCUT2D eigenvalue weighted by Crippen LogP contribution is -2.33. The van der Waals surface area contributed by atoms with Crippen LogP contribution in [0.15, 0.2) is 36.5 Å². The number of carbonyl (C=O) groups is 1. The van der Waals surface area contributed by atoms with Gasteiger partial charge >= 0.3 is 0 Å². The van der Waals surface area contributed by atoms with Crippen molar-refractivity contribution in [3.05, 3.63) is 42.1 Å².